The first-order chi connectivity index (χ1) is 11.6. The molecule has 2 N–H and O–H groups in total. The van der Waals surface area contributed by atoms with Crippen LogP contribution >= 0.6 is 11.6 Å². The molecule has 6 heteroatoms. The van der Waals surface area contributed by atoms with Crippen LogP contribution in [0.25, 0.3) is 0 Å². The topological polar surface area (TPSA) is 62.7 Å². The molecular weight excluding hydrogens is 322 g/mol. The zero-order valence-electron chi connectivity index (χ0n) is 13.5. The zero-order chi connectivity index (χ0) is 16.9. The predicted molar refractivity (Wildman–Crippen MR) is 97.8 cm³/mol. The van der Waals surface area contributed by atoms with Crippen molar-refractivity contribution in [2.75, 3.05) is 10.6 Å². The molecule has 5 nitrogen and oxygen atoms in total. The van der Waals surface area contributed by atoms with E-state index in [0.717, 1.165) is 28.5 Å². The molecule has 0 amide bonds. The molecule has 2 heterocycles. The Labute approximate surface area is 146 Å². The smallest absolute Gasteiger partial charge is 0.225 e. The molecule has 0 spiro atoms. The average Bonchev–Trinajstić information content (AvgIpc) is 2.60. The number of hydrogen-bond donors (Lipinski definition) is 2. The first-order valence-corrected chi connectivity index (χ1v) is 8.02. The minimum absolute atomic E-state index is 0.554. The van der Waals surface area contributed by atoms with E-state index in [4.69, 9.17) is 11.6 Å². The quantitative estimate of drug-likeness (QED) is 0.716. The molecule has 0 aliphatic heterocycles. The molecule has 0 bridgehead atoms. The molecule has 2 aromatic heterocycles. The molecule has 0 saturated heterocycles. The second-order valence-corrected chi connectivity index (χ2v) is 5.79. The number of nitrogens with zero attached hydrogens (tertiary/aromatic N) is 3. The largest absolute Gasteiger partial charge is 0.349 e. The van der Waals surface area contributed by atoms with Crippen LogP contribution in [0.5, 0.6) is 0 Å². The van der Waals surface area contributed by atoms with Crippen molar-refractivity contribution in [3.05, 3.63) is 70.6 Å². The summed E-state index contributed by atoms with van der Waals surface area (Å²) in [5, 5.41) is 7.14. The average molecular weight is 340 g/mol. The van der Waals surface area contributed by atoms with Crippen LogP contribution in [0, 0.1) is 13.8 Å². The Morgan fingerprint density at radius 3 is 2.54 bits per heavy atom. The standard InChI is InChI=1S/C18H18ClN5/c1-12-13(2)22-18(21-11-14-7-5-6-10-20-14)24-17(12)23-16-9-4-3-8-15(16)19/h3-10H,11H2,1-2H3,(H2,21,22,23,24). The van der Waals surface area contributed by atoms with E-state index in [1.165, 1.54) is 0 Å². The van der Waals surface area contributed by atoms with E-state index in [0.29, 0.717) is 17.5 Å². The number of aromatic nitrogens is 3. The van der Waals surface area contributed by atoms with Crippen molar-refractivity contribution in [2.24, 2.45) is 0 Å². The van der Waals surface area contributed by atoms with Crippen molar-refractivity contribution in [1.29, 1.82) is 0 Å². The lowest BCUT2D eigenvalue weighted by molar-refractivity contribution is 0.982. The van der Waals surface area contributed by atoms with E-state index in [1.54, 1.807) is 6.20 Å². The predicted octanol–water partition coefficient (Wildman–Crippen LogP) is 4.50. The van der Waals surface area contributed by atoms with Gasteiger partial charge in [-0.3, -0.25) is 4.98 Å². The van der Waals surface area contributed by atoms with Gasteiger partial charge in [0.2, 0.25) is 5.95 Å². The van der Waals surface area contributed by atoms with Gasteiger partial charge in [0.25, 0.3) is 0 Å². The monoisotopic (exact) mass is 339 g/mol. The van der Waals surface area contributed by atoms with E-state index in [1.807, 2.05) is 56.3 Å². The van der Waals surface area contributed by atoms with Crippen molar-refractivity contribution in [3.63, 3.8) is 0 Å². The van der Waals surface area contributed by atoms with Gasteiger partial charge in [0.05, 0.1) is 22.9 Å². The first-order valence-electron chi connectivity index (χ1n) is 7.64. The fraction of sp³-hybridized carbons (Fsp3) is 0.167. The number of benzene rings is 1. The molecule has 0 saturated carbocycles. The van der Waals surface area contributed by atoms with E-state index in [2.05, 4.69) is 25.6 Å². The highest BCUT2D eigenvalue weighted by molar-refractivity contribution is 6.33. The number of nitrogens with one attached hydrogen (secondary N) is 2. The Bertz CT molecular complexity index is 836. The molecule has 0 fully saturated rings. The van der Waals surface area contributed by atoms with Crippen molar-refractivity contribution >= 4 is 29.1 Å². The lowest BCUT2D eigenvalue weighted by Gasteiger charge is -2.14. The maximum atomic E-state index is 6.22. The Hall–Kier alpha value is -2.66. The number of pyridine rings is 1. The molecule has 3 rings (SSSR count). The lowest BCUT2D eigenvalue weighted by atomic mass is 10.2. The van der Waals surface area contributed by atoms with Gasteiger partial charge < -0.3 is 10.6 Å². The van der Waals surface area contributed by atoms with Gasteiger partial charge in [-0.2, -0.15) is 4.98 Å². The van der Waals surface area contributed by atoms with Gasteiger partial charge in [-0.15, -0.1) is 0 Å². The summed E-state index contributed by atoms with van der Waals surface area (Å²) in [4.78, 5) is 13.3. The van der Waals surface area contributed by atoms with Crippen molar-refractivity contribution < 1.29 is 0 Å². The SMILES string of the molecule is Cc1nc(NCc2ccccn2)nc(Nc2ccccc2Cl)c1C. The maximum absolute atomic E-state index is 6.22. The molecule has 0 aliphatic carbocycles. The fourth-order valence-electron chi connectivity index (χ4n) is 2.19. The Morgan fingerprint density at radius 1 is 1.00 bits per heavy atom. The molecule has 0 unspecified atom stereocenters. The number of para-hydroxylation sites is 1. The van der Waals surface area contributed by atoms with Gasteiger partial charge in [0, 0.05) is 17.5 Å². The summed E-state index contributed by atoms with van der Waals surface area (Å²) in [6.45, 7) is 4.51. The second kappa shape index (κ2) is 7.27. The summed E-state index contributed by atoms with van der Waals surface area (Å²) in [5.74, 6) is 1.29. The maximum Gasteiger partial charge on any atom is 0.225 e. The molecule has 0 aliphatic rings. The molecule has 122 valence electrons. The van der Waals surface area contributed by atoms with Gasteiger partial charge in [-0.25, -0.2) is 4.98 Å². The van der Waals surface area contributed by atoms with Crippen molar-refractivity contribution in [2.45, 2.75) is 20.4 Å². The van der Waals surface area contributed by atoms with Crippen LogP contribution in [-0.4, -0.2) is 15.0 Å². The van der Waals surface area contributed by atoms with Gasteiger partial charge in [-0.05, 0) is 38.1 Å². The minimum atomic E-state index is 0.554. The molecular formula is C18H18ClN5. The van der Waals surface area contributed by atoms with Crippen LogP contribution in [0.2, 0.25) is 5.02 Å². The summed E-state index contributed by atoms with van der Waals surface area (Å²) >= 11 is 6.22. The second-order valence-electron chi connectivity index (χ2n) is 5.39. The summed E-state index contributed by atoms with van der Waals surface area (Å²) < 4.78 is 0. The third-order valence-corrected chi connectivity index (χ3v) is 4.00. The molecule has 1 aromatic carbocycles. The van der Waals surface area contributed by atoms with E-state index in [-0.39, 0.29) is 0 Å². The first kappa shape index (κ1) is 16.2. The van der Waals surface area contributed by atoms with Crippen LogP contribution in [0.4, 0.5) is 17.5 Å². The third-order valence-electron chi connectivity index (χ3n) is 3.67. The Morgan fingerprint density at radius 2 is 1.79 bits per heavy atom. The van der Waals surface area contributed by atoms with E-state index >= 15 is 0 Å². The fourth-order valence-corrected chi connectivity index (χ4v) is 2.37. The highest BCUT2D eigenvalue weighted by Gasteiger charge is 2.10. The van der Waals surface area contributed by atoms with Crippen LogP contribution in [-0.2, 0) is 6.54 Å². The Balaban J connectivity index is 1.82. The number of aryl methyl sites for hydroxylation is 1. The number of hydrogen-bond acceptors (Lipinski definition) is 5. The Kier molecular flexibility index (Phi) is 4.91. The number of halogens is 1. The summed E-state index contributed by atoms with van der Waals surface area (Å²) in [6, 6.07) is 13.4. The van der Waals surface area contributed by atoms with Crippen LogP contribution in [0.1, 0.15) is 17.0 Å². The van der Waals surface area contributed by atoms with E-state index < -0.39 is 0 Å². The minimum Gasteiger partial charge on any atom is -0.349 e. The number of anilines is 3. The van der Waals surface area contributed by atoms with Gasteiger partial charge in [0.1, 0.15) is 5.82 Å². The van der Waals surface area contributed by atoms with Crippen LogP contribution in [0.15, 0.2) is 48.7 Å². The van der Waals surface area contributed by atoms with Crippen molar-refractivity contribution in [1.82, 2.24) is 15.0 Å². The summed E-state index contributed by atoms with van der Waals surface area (Å²) in [5.41, 5.74) is 3.64. The van der Waals surface area contributed by atoms with Gasteiger partial charge in [-0.1, -0.05) is 29.8 Å². The van der Waals surface area contributed by atoms with Crippen LogP contribution < -0.4 is 10.6 Å². The van der Waals surface area contributed by atoms with E-state index in [9.17, 15) is 0 Å². The highest BCUT2D eigenvalue weighted by Crippen LogP contribution is 2.27. The molecule has 3 aromatic rings. The molecule has 0 radical (unpaired) electrons. The third kappa shape index (κ3) is 3.81. The zero-order valence-corrected chi connectivity index (χ0v) is 14.3. The number of rotatable bonds is 5. The van der Waals surface area contributed by atoms with Crippen LogP contribution in [0.3, 0.4) is 0 Å². The summed E-state index contributed by atoms with van der Waals surface area (Å²) in [7, 11) is 0. The van der Waals surface area contributed by atoms with Gasteiger partial charge in [0.15, 0.2) is 0 Å². The highest BCUT2D eigenvalue weighted by atomic mass is 35.5. The lowest BCUT2D eigenvalue weighted by Crippen LogP contribution is -2.09. The normalized spacial score (nSPS) is 10.5. The summed E-state index contributed by atoms with van der Waals surface area (Å²) in [6.07, 6.45) is 1.77. The van der Waals surface area contributed by atoms with Gasteiger partial charge >= 0.3 is 0 Å². The molecule has 24 heavy (non-hydrogen) atoms. The van der Waals surface area contributed by atoms with Crippen molar-refractivity contribution in [3.8, 4) is 0 Å². The molecule has 0 atom stereocenters.